The average molecular weight is 295 g/mol. The second-order valence-electron chi connectivity index (χ2n) is 4.74. The first-order valence-corrected chi connectivity index (χ1v) is 6.99. The van der Waals surface area contributed by atoms with Gasteiger partial charge in [-0.25, -0.2) is 9.78 Å². The molecule has 0 spiro atoms. The summed E-state index contributed by atoms with van der Waals surface area (Å²) in [5.74, 6) is 0.637. The molecule has 0 aliphatic carbocycles. The van der Waals surface area contributed by atoms with Crippen LogP contribution >= 0.6 is 0 Å². The number of ether oxygens (including phenoxy) is 1. The zero-order chi connectivity index (χ0) is 15.4. The Hall–Kier alpha value is -1.93. The van der Waals surface area contributed by atoms with E-state index in [0.29, 0.717) is 49.7 Å². The normalized spacial score (nSPS) is 11.4. The average Bonchev–Trinajstić information content (AvgIpc) is 2.87. The van der Waals surface area contributed by atoms with Crippen LogP contribution in [0, 0.1) is 0 Å². The van der Waals surface area contributed by atoms with Gasteiger partial charge in [0.15, 0.2) is 5.65 Å². The molecule has 0 bridgehead atoms. The fourth-order valence-corrected chi connectivity index (χ4v) is 2.31. The number of aryl methyl sites for hydroxylation is 1. The van der Waals surface area contributed by atoms with Gasteiger partial charge in [0.05, 0.1) is 6.54 Å². The topological polar surface area (TPSA) is 93.9 Å². The molecule has 0 saturated carbocycles. The third kappa shape index (κ3) is 2.91. The molecule has 0 atom stereocenters. The minimum atomic E-state index is -0.325. The summed E-state index contributed by atoms with van der Waals surface area (Å²) in [6.45, 7) is 3.63. The number of nitrogens with one attached hydrogen (secondary N) is 2. The molecule has 2 rings (SSSR count). The maximum Gasteiger partial charge on any atom is 0.332 e. The van der Waals surface area contributed by atoms with Crippen LogP contribution in [-0.2, 0) is 24.4 Å². The van der Waals surface area contributed by atoms with Crippen LogP contribution in [0.25, 0.3) is 11.2 Å². The van der Waals surface area contributed by atoms with Crippen molar-refractivity contribution in [1.29, 1.82) is 0 Å². The molecule has 2 N–H and O–H groups in total. The van der Waals surface area contributed by atoms with E-state index in [9.17, 15) is 9.59 Å². The maximum atomic E-state index is 12.4. The second kappa shape index (κ2) is 6.68. The Morgan fingerprint density at radius 1 is 1.33 bits per heavy atom. The van der Waals surface area contributed by atoms with E-state index in [1.165, 1.54) is 9.13 Å². The first-order valence-electron chi connectivity index (χ1n) is 6.99. The molecule has 0 aliphatic heterocycles. The minimum absolute atomic E-state index is 0.324. The summed E-state index contributed by atoms with van der Waals surface area (Å²) < 4.78 is 7.77. The Kier molecular flexibility index (Phi) is 4.92. The lowest BCUT2D eigenvalue weighted by atomic mass is 10.4. The third-order valence-electron chi connectivity index (χ3n) is 3.30. The number of methoxy groups -OCH3 is 1. The first kappa shape index (κ1) is 15.5. The summed E-state index contributed by atoms with van der Waals surface area (Å²) in [5, 5.41) is 2.97. The van der Waals surface area contributed by atoms with Crippen LogP contribution in [0.1, 0.15) is 19.2 Å². The zero-order valence-electron chi connectivity index (χ0n) is 12.6. The smallest absolute Gasteiger partial charge is 0.332 e. The highest BCUT2D eigenvalue weighted by molar-refractivity contribution is 5.69. The first-order chi connectivity index (χ1) is 10.1. The minimum Gasteiger partial charge on any atom is -0.385 e. The monoisotopic (exact) mass is 295 g/mol. The van der Waals surface area contributed by atoms with Crippen molar-refractivity contribution in [3.8, 4) is 0 Å². The van der Waals surface area contributed by atoms with Crippen molar-refractivity contribution >= 4 is 11.2 Å². The number of nitrogens with zero attached hydrogens (tertiary/aromatic N) is 3. The lowest BCUT2D eigenvalue weighted by molar-refractivity contribution is 0.190. The van der Waals surface area contributed by atoms with Crippen LogP contribution in [-0.4, -0.2) is 39.9 Å². The number of hydrogen-bond acceptors (Lipinski definition) is 5. The van der Waals surface area contributed by atoms with Crippen LogP contribution in [0.15, 0.2) is 9.59 Å². The number of rotatable bonds is 7. The summed E-state index contributed by atoms with van der Waals surface area (Å²) in [6.07, 6.45) is 0.682. The molecule has 0 aliphatic rings. The van der Waals surface area contributed by atoms with Crippen molar-refractivity contribution < 1.29 is 4.74 Å². The summed E-state index contributed by atoms with van der Waals surface area (Å²) >= 11 is 0. The molecule has 21 heavy (non-hydrogen) atoms. The highest BCUT2D eigenvalue weighted by Gasteiger charge is 2.16. The summed E-state index contributed by atoms with van der Waals surface area (Å²) in [5.41, 5.74) is 0.138. The highest BCUT2D eigenvalue weighted by atomic mass is 16.5. The Balaban J connectivity index is 2.62. The maximum absolute atomic E-state index is 12.4. The molecule has 116 valence electrons. The van der Waals surface area contributed by atoms with Crippen molar-refractivity contribution in [1.82, 2.24) is 24.4 Å². The van der Waals surface area contributed by atoms with E-state index in [4.69, 9.17) is 4.74 Å². The lowest BCUT2D eigenvalue weighted by Gasteiger charge is -2.09. The molecule has 0 radical (unpaired) electrons. The van der Waals surface area contributed by atoms with Crippen molar-refractivity contribution in [2.75, 3.05) is 20.8 Å². The Morgan fingerprint density at radius 3 is 2.71 bits per heavy atom. The van der Waals surface area contributed by atoms with Gasteiger partial charge < -0.3 is 15.0 Å². The van der Waals surface area contributed by atoms with E-state index in [1.807, 2.05) is 0 Å². The number of fused-ring (bicyclic) bond motifs is 1. The Morgan fingerprint density at radius 2 is 2.10 bits per heavy atom. The molecule has 0 unspecified atom stereocenters. The molecule has 2 aromatic heterocycles. The van der Waals surface area contributed by atoms with Gasteiger partial charge in [-0.05, 0) is 20.4 Å². The van der Waals surface area contributed by atoms with Gasteiger partial charge in [-0.1, -0.05) is 0 Å². The molecule has 2 heterocycles. The van der Waals surface area contributed by atoms with Gasteiger partial charge in [-0.3, -0.25) is 13.9 Å². The van der Waals surface area contributed by atoms with Gasteiger partial charge >= 0.3 is 5.69 Å². The van der Waals surface area contributed by atoms with Gasteiger partial charge in [0.2, 0.25) is 0 Å². The predicted molar refractivity (Wildman–Crippen MR) is 79.5 cm³/mol. The lowest BCUT2D eigenvalue weighted by Crippen LogP contribution is -2.39. The number of imidazole rings is 1. The molecule has 0 aromatic carbocycles. The summed E-state index contributed by atoms with van der Waals surface area (Å²) in [7, 11) is 3.41. The van der Waals surface area contributed by atoms with Crippen LogP contribution in [0.2, 0.25) is 0 Å². The molecule has 0 amide bonds. The van der Waals surface area contributed by atoms with Crippen LogP contribution in [0.5, 0.6) is 0 Å². The van der Waals surface area contributed by atoms with Crippen molar-refractivity contribution in [3.63, 3.8) is 0 Å². The predicted octanol–water partition coefficient (Wildman–Crippen LogP) is -0.338. The molecule has 0 saturated heterocycles. The largest absolute Gasteiger partial charge is 0.385 e. The third-order valence-corrected chi connectivity index (χ3v) is 3.30. The Labute approximate surface area is 121 Å². The van der Waals surface area contributed by atoms with Crippen molar-refractivity contribution in [2.24, 2.45) is 0 Å². The van der Waals surface area contributed by atoms with Gasteiger partial charge in [-0.2, -0.15) is 0 Å². The van der Waals surface area contributed by atoms with Gasteiger partial charge in [0.1, 0.15) is 11.3 Å². The van der Waals surface area contributed by atoms with Crippen LogP contribution < -0.4 is 16.6 Å². The highest BCUT2D eigenvalue weighted by Crippen LogP contribution is 2.06. The molecule has 8 nitrogen and oxygen atoms in total. The molecule has 0 fully saturated rings. The number of hydrogen-bond donors (Lipinski definition) is 2. The number of aromatic nitrogens is 4. The zero-order valence-corrected chi connectivity index (χ0v) is 12.6. The summed E-state index contributed by atoms with van der Waals surface area (Å²) in [6, 6.07) is 0. The van der Waals surface area contributed by atoms with Crippen molar-refractivity contribution in [3.05, 3.63) is 26.7 Å². The summed E-state index contributed by atoms with van der Waals surface area (Å²) in [4.78, 5) is 32.1. The molecule has 2 aromatic rings. The van der Waals surface area contributed by atoms with Crippen LogP contribution in [0.4, 0.5) is 0 Å². The van der Waals surface area contributed by atoms with Gasteiger partial charge in [0, 0.05) is 26.8 Å². The van der Waals surface area contributed by atoms with Crippen LogP contribution in [0.3, 0.4) is 0 Å². The van der Waals surface area contributed by atoms with E-state index in [-0.39, 0.29) is 11.2 Å². The van der Waals surface area contributed by atoms with Gasteiger partial charge in [0.25, 0.3) is 5.56 Å². The standard InChI is InChI=1S/C13H21N5O3/c1-4-17-12(19)10-11(16-9(15-10)8-14-2)18(13(17)20)6-5-7-21-3/h14H,4-8H2,1-3H3,(H,15,16). The number of aromatic amines is 1. The number of H-pyrrole nitrogens is 1. The van der Waals surface area contributed by atoms with E-state index in [1.54, 1.807) is 21.1 Å². The fraction of sp³-hybridized carbons (Fsp3) is 0.615. The molecular weight excluding hydrogens is 274 g/mol. The van der Waals surface area contributed by atoms with E-state index < -0.39 is 0 Å². The quantitative estimate of drug-likeness (QED) is 0.682. The fourth-order valence-electron chi connectivity index (χ4n) is 2.31. The van der Waals surface area contributed by atoms with E-state index in [0.717, 1.165) is 0 Å². The van der Waals surface area contributed by atoms with E-state index >= 15 is 0 Å². The molecule has 8 heteroatoms. The van der Waals surface area contributed by atoms with Crippen molar-refractivity contribution in [2.45, 2.75) is 33.0 Å². The van der Waals surface area contributed by atoms with E-state index in [2.05, 4.69) is 15.3 Å². The molecular formula is C13H21N5O3. The SMILES string of the molecule is CCn1c(=O)c2[nH]c(CNC)nc2n(CCCOC)c1=O. The Bertz CT molecular complexity index is 728. The van der Waals surface area contributed by atoms with Gasteiger partial charge in [-0.15, -0.1) is 0 Å². The second-order valence-corrected chi connectivity index (χ2v) is 4.74.